The highest BCUT2D eigenvalue weighted by molar-refractivity contribution is 6.30. The summed E-state index contributed by atoms with van der Waals surface area (Å²) in [5.41, 5.74) is 1.86. The van der Waals surface area contributed by atoms with E-state index in [0.29, 0.717) is 11.5 Å². The number of hydrogen-bond donors (Lipinski definition) is 1. The molecule has 24 heavy (non-hydrogen) atoms. The van der Waals surface area contributed by atoms with Gasteiger partial charge in [-0.15, -0.1) is 0 Å². The van der Waals surface area contributed by atoms with Crippen LogP contribution in [0.3, 0.4) is 0 Å². The van der Waals surface area contributed by atoms with Gasteiger partial charge in [-0.2, -0.15) is 0 Å². The molecule has 1 fully saturated rings. The molecule has 0 heterocycles. The molecule has 0 aliphatic heterocycles. The van der Waals surface area contributed by atoms with Gasteiger partial charge in [-0.3, -0.25) is 4.79 Å². The lowest BCUT2D eigenvalue weighted by atomic mass is 9.99. The van der Waals surface area contributed by atoms with Gasteiger partial charge in [0.1, 0.15) is 0 Å². The zero-order valence-electron chi connectivity index (χ0n) is 14.0. The molecule has 1 N–H and O–H groups in total. The molecule has 2 nitrogen and oxygen atoms in total. The molecule has 3 heteroatoms. The lowest BCUT2D eigenvalue weighted by Gasteiger charge is -2.20. The average molecular weight is 342 g/mol. The van der Waals surface area contributed by atoms with E-state index in [9.17, 15) is 4.79 Å². The Labute approximate surface area is 149 Å². The van der Waals surface area contributed by atoms with Crippen molar-refractivity contribution in [3.63, 3.8) is 0 Å². The van der Waals surface area contributed by atoms with E-state index >= 15 is 0 Å². The molecular weight excluding hydrogens is 318 g/mol. The first-order valence-corrected chi connectivity index (χ1v) is 9.18. The highest BCUT2D eigenvalue weighted by atomic mass is 35.5. The summed E-state index contributed by atoms with van der Waals surface area (Å²) < 4.78 is 0. The minimum absolute atomic E-state index is 0.00306. The van der Waals surface area contributed by atoms with Crippen molar-refractivity contribution in [2.24, 2.45) is 11.8 Å². The minimum atomic E-state index is -0.00306. The summed E-state index contributed by atoms with van der Waals surface area (Å²) in [6, 6.07) is 17.4. The number of hydrogen-bond acceptors (Lipinski definition) is 1. The van der Waals surface area contributed by atoms with Crippen LogP contribution in [0.5, 0.6) is 0 Å². The maximum absolute atomic E-state index is 12.6. The van der Waals surface area contributed by atoms with Gasteiger partial charge >= 0.3 is 0 Å². The number of unbranched alkanes of at least 4 members (excludes halogenated alkanes) is 1. The van der Waals surface area contributed by atoms with Crippen LogP contribution in [0, 0.1) is 11.8 Å². The number of carbonyl (C=O) groups is 1. The molecule has 0 spiro atoms. The lowest BCUT2D eigenvalue weighted by Crippen LogP contribution is -2.30. The Bertz CT molecular complexity index is 668. The molecule has 1 aliphatic rings. The van der Waals surface area contributed by atoms with Gasteiger partial charge in [-0.25, -0.2) is 0 Å². The molecule has 0 bridgehead atoms. The van der Waals surface area contributed by atoms with E-state index in [0.717, 1.165) is 16.5 Å². The first-order chi connectivity index (χ1) is 11.7. The van der Waals surface area contributed by atoms with Crippen LogP contribution in [0.15, 0.2) is 54.6 Å². The van der Waals surface area contributed by atoms with Gasteiger partial charge in [0.05, 0.1) is 6.04 Å². The summed E-state index contributed by atoms with van der Waals surface area (Å²) in [6.07, 6.45) is 4.95. The van der Waals surface area contributed by atoms with E-state index in [2.05, 4.69) is 12.2 Å². The molecule has 3 atom stereocenters. The fourth-order valence-corrected chi connectivity index (χ4v) is 3.53. The quantitative estimate of drug-likeness (QED) is 0.694. The lowest BCUT2D eigenvalue weighted by molar-refractivity contribution is 0.0930. The van der Waals surface area contributed by atoms with Gasteiger partial charge in [0, 0.05) is 10.6 Å². The Morgan fingerprint density at radius 1 is 1.17 bits per heavy atom. The first-order valence-electron chi connectivity index (χ1n) is 8.80. The summed E-state index contributed by atoms with van der Waals surface area (Å²) in [5, 5.41) is 3.98. The highest BCUT2D eigenvalue weighted by Gasteiger charge is 2.43. The van der Waals surface area contributed by atoms with Crippen LogP contribution in [0.2, 0.25) is 5.02 Å². The smallest absolute Gasteiger partial charge is 0.251 e. The van der Waals surface area contributed by atoms with Crippen LogP contribution >= 0.6 is 11.6 Å². The monoisotopic (exact) mass is 341 g/mol. The Morgan fingerprint density at radius 2 is 1.88 bits per heavy atom. The molecule has 3 rings (SSSR count). The number of halogens is 1. The maximum atomic E-state index is 12.6. The van der Waals surface area contributed by atoms with Crippen LogP contribution in [0.1, 0.15) is 54.6 Å². The number of amides is 1. The maximum Gasteiger partial charge on any atom is 0.251 e. The van der Waals surface area contributed by atoms with Crippen LogP contribution in [0.25, 0.3) is 0 Å². The third-order valence-electron chi connectivity index (χ3n) is 4.89. The van der Waals surface area contributed by atoms with E-state index in [1.807, 2.05) is 54.6 Å². The zero-order valence-corrected chi connectivity index (χ0v) is 14.8. The standard InChI is InChI=1S/C21H24ClNO/c1-2-3-7-17-14-19(17)20(15-10-12-18(22)13-11-15)23-21(24)16-8-5-4-6-9-16/h4-6,8-13,17,19-20H,2-3,7,14H2,1H3,(H,23,24)/t17-,19+,20?/m1/s1. The van der Waals surface area contributed by atoms with Crippen molar-refractivity contribution < 1.29 is 4.79 Å². The first kappa shape index (κ1) is 17.0. The van der Waals surface area contributed by atoms with E-state index in [1.54, 1.807) is 0 Å². The summed E-state index contributed by atoms with van der Waals surface area (Å²) >= 11 is 6.02. The van der Waals surface area contributed by atoms with Crippen LogP contribution in [0.4, 0.5) is 0 Å². The Kier molecular flexibility index (Phi) is 5.57. The Morgan fingerprint density at radius 3 is 2.54 bits per heavy atom. The van der Waals surface area contributed by atoms with Gasteiger partial charge in [0.15, 0.2) is 0 Å². The van der Waals surface area contributed by atoms with Crippen molar-refractivity contribution in [3.05, 3.63) is 70.7 Å². The van der Waals surface area contributed by atoms with Crippen molar-refractivity contribution >= 4 is 17.5 Å². The van der Waals surface area contributed by atoms with Crippen molar-refractivity contribution in [2.75, 3.05) is 0 Å². The van der Waals surface area contributed by atoms with E-state index < -0.39 is 0 Å². The number of nitrogens with one attached hydrogen (secondary N) is 1. The number of benzene rings is 2. The summed E-state index contributed by atoms with van der Waals surface area (Å²) in [4.78, 5) is 12.6. The minimum Gasteiger partial charge on any atom is -0.345 e. The molecule has 0 saturated heterocycles. The van der Waals surface area contributed by atoms with Crippen molar-refractivity contribution in [3.8, 4) is 0 Å². The summed E-state index contributed by atoms with van der Waals surface area (Å²) in [6.45, 7) is 2.23. The van der Waals surface area contributed by atoms with Gasteiger partial charge in [-0.05, 0) is 48.1 Å². The predicted octanol–water partition coefficient (Wildman–Crippen LogP) is 5.64. The average Bonchev–Trinajstić information content (AvgIpc) is 3.38. The number of carbonyl (C=O) groups excluding carboxylic acids is 1. The molecule has 1 saturated carbocycles. The van der Waals surface area contributed by atoms with Gasteiger partial charge < -0.3 is 5.32 Å². The van der Waals surface area contributed by atoms with Crippen LogP contribution in [-0.2, 0) is 0 Å². The molecule has 0 aromatic heterocycles. The normalized spacial score (nSPS) is 20.4. The van der Waals surface area contributed by atoms with Crippen molar-refractivity contribution in [2.45, 2.75) is 38.6 Å². The van der Waals surface area contributed by atoms with E-state index in [4.69, 9.17) is 11.6 Å². The van der Waals surface area contributed by atoms with E-state index in [1.165, 1.54) is 25.7 Å². The van der Waals surface area contributed by atoms with Crippen LogP contribution in [-0.4, -0.2) is 5.91 Å². The van der Waals surface area contributed by atoms with Gasteiger partial charge in [-0.1, -0.05) is 68.1 Å². The second-order valence-corrected chi connectivity index (χ2v) is 7.11. The summed E-state index contributed by atoms with van der Waals surface area (Å²) in [7, 11) is 0. The molecule has 1 aliphatic carbocycles. The zero-order chi connectivity index (χ0) is 16.9. The van der Waals surface area contributed by atoms with Crippen molar-refractivity contribution in [1.29, 1.82) is 0 Å². The highest BCUT2D eigenvalue weighted by Crippen LogP contribution is 2.50. The second-order valence-electron chi connectivity index (χ2n) is 6.67. The molecule has 2 aromatic carbocycles. The second kappa shape index (κ2) is 7.85. The predicted molar refractivity (Wildman–Crippen MR) is 99.2 cm³/mol. The molecule has 0 radical (unpaired) electrons. The van der Waals surface area contributed by atoms with E-state index in [-0.39, 0.29) is 11.9 Å². The molecule has 2 aromatic rings. The van der Waals surface area contributed by atoms with Crippen LogP contribution < -0.4 is 5.32 Å². The van der Waals surface area contributed by atoms with Crippen molar-refractivity contribution in [1.82, 2.24) is 5.32 Å². The van der Waals surface area contributed by atoms with Gasteiger partial charge in [0.25, 0.3) is 5.91 Å². The number of rotatable bonds is 7. The fourth-order valence-electron chi connectivity index (χ4n) is 3.40. The fraction of sp³-hybridized carbons (Fsp3) is 0.381. The SMILES string of the molecule is CCCC[C@@H]1C[C@@H]1C(NC(=O)c1ccccc1)c1ccc(Cl)cc1. The molecule has 1 unspecified atom stereocenters. The third kappa shape index (κ3) is 4.18. The third-order valence-corrected chi connectivity index (χ3v) is 5.14. The summed E-state index contributed by atoms with van der Waals surface area (Å²) in [5.74, 6) is 1.25. The Hall–Kier alpha value is -1.80. The topological polar surface area (TPSA) is 29.1 Å². The molecule has 1 amide bonds. The van der Waals surface area contributed by atoms with Gasteiger partial charge in [0.2, 0.25) is 0 Å². The molecular formula is C21H24ClNO. The molecule has 126 valence electrons. The largest absolute Gasteiger partial charge is 0.345 e. The Balaban J connectivity index is 1.75.